The molecule has 2 aromatic rings. The number of halogens is 3. The van der Waals surface area contributed by atoms with Crippen LogP contribution in [0.4, 0.5) is 18.9 Å². The second-order valence-electron chi connectivity index (χ2n) is 5.67. The summed E-state index contributed by atoms with van der Waals surface area (Å²) in [4.78, 5) is 11.9. The van der Waals surface area contributed by atoms with Crippen molar-refractivity contribution in [2.45, 2.75) is 11.1 Å². The Labute approximate surface area is 154 Å². The van der Waals surface area contributed by atoms with E-state index in [1.54, 1.807) is 0 Å². The van der Waals surface area contributed by atoms with Crippen molar-refractivity contribution in [2.75, 3.05) is 26.0 Å². The van der Waals surface area contributed by atoms with Crippen LogP contribution in [0.1, 0.15) is 5.56 Å². The van der Waals surface area contributed by atoms with Gasteiger partial charge >= 0.3 is 6.18 Å². The average molecular weight is 402 g/mol. The second-order valence-corrected chi connectivity index (χ2v) is 7.82. The zero-order valence-electron chi connectivity index (χ0n) is 14.4. The molecule has 0 bridgehead atoms. The van der Waals surface area contributed by atoms with Crippen LogP contribution in [0.3, 0.4) is 0 Å². The molecule has 6 nitrogen and oxygen atoms in total. The Kier molecular flexibility index (Phi) is 6.11. The third-order valence-corrected chi connectivity index (χ3v) is 5.30. The van der Waals surface area contributed by atoms with Gasteiger partial charge in [-0.1, -0.05) is 0 Å². The molecule has 0 aliphatic heterocycles. The van der Waals surface area contributed by atoms with E-state index in [-0.39, 0.29) is 10.6 Å². The number of hydrogen-bond donors (Lipinski definition) is 1. The Morgan fingerprint density at radius 3 is 2.07 bits per heavy atom. The van der Waals surface area contributed by atoms with Gasteiger partial charge in [0.05, 0.1) is 10.5 Å². The molecular formula is C17H17F3N2O4S. The number of rotatable bonds is 6. The summed E-state index contributed by atoms with van der Waals surface area (Å²) >= 11 is 0. The molecule has 0 aliphatic carbocycles. The van der Waals surface area contributed by atoms with Crippen molar-refractivity contribution >= 4 is 21.6 Å². The van der Waals surface area contributed by atoms with Gasteiger partial charge in [-0.15, -0.1) is 0 Å². The minimum absolute atomic E-state index is 0.0755. The molecule has 27 heavy (non-hydrogen) atoms. The number of carbonyl (C=O) groups is 1. The van der Waals surface area contributed by atoms with Crippen LogP contribution in [0.15, 0.2) is 53.4 Å². The first kappa shape index (κ1) is 20.7. The van der Waals surface area contributed by atoms with E-state index in [2.05, 4.69) is 5.32 Å². The molecular weight excluding hydrogens is 385 g/mol. The van der Waals surface area contributed by atoms with E-state index < -0.39 is 34.3 Å². The standard InChI is InChI=1S/C17H17F3N2O4S/c1-22(2)27(24,25)15-9-5-13(6-10-15)21-16(23)11-26-14-7-3-12(4-8-14)17(18,19)20/h3-10H,11H2,1-2H3,(H,21,23). The fraction of sp³-hybridized carbons (Fsp3) is 0.235. The van der Waals surface area contributed by atoms with Crippen molar-refractivity contribution in [3.63, 3.8) is 0 Å². The molecule has 1 amide bonds. The minimum atomic E-state index is -4.44. The highest BCUT2D eigenvalue weighted by Gasteiger charge is 2.30. The van der Waals surface area contributed by atoms with Crippen LogP contribution >= 0.6 is 0 Å². The van der Waals surface area contributed by atoms with Crippen molar-refractivity contribution in [3.8, 4) is 5.75 Å². The zero-order valence-corrected chi connectivity index (χ0v) is 15.3. The molecule has 0 aromatic heterocycles. The number of ether oxygens (including phenoxy) is 1. The van der Waals surface area contributed by atoms with E-state index >= 15 is 0 Å². The molecule has 0 unspecified atom stereocenters. The fourth-order valence-corrected chi connectivity index (χ4v) is 2.91. The van der Waals surface area contributed by atoms with Gasteiger partial charge in [0.15, 0.2) is 6.61 Å². The molecule has 0 atom stereocenters. The molecule has 10 heteroatoms. The highest BCUT2D eigenvalue weighted by atomic mass is 32.2. The van der Waals surface area contributed by atoms with Crippen LogP contribution in [0.5, 0.6) is 5.75 Å². The highest BCUT2D eigenvalue weighted by Crippen LogP contribution is 2.30. The summed E-state index contributed by atoms with van der Waals surface area (Å²) in [6, 6.07) is 9.50. The summed E-state index contributed by atoms with van der Waals surface area (Å²) in [6.07, 6.45) is -4.44. The molecule has 0 radical (unpaired) electrons. The first-order valence-corrected chi connectivity index (χ1v) is 9.06. The maximum Gasteiger partial charge on any atom is 0.416 e. The monoisotopic (exact) mass is 402 g/mol. The predicted molar refractivity (Wildman–Crippen MR) is 92.9 cm³/mol. The van der Waals surface area contributed by atoms with Gasteiger partial charge in [0.2, 0.25) is 10.0 Å². The molecule has 0 saturated heterocycles. The van der Waals surface area contributed by atoms with E-state index in [0.29, 0.717) is 5.69 Å². The summed E-state index contributed by atoms with van der Waals surface area (Å²) in [5.74, 6) is -0.427. The maximum atomic E-state index is 12.5. The zero-order chi connectivity index (χ0) is 20.2. The molecule has 0 fully saturated rings. The number of nitrogens with one attached hydrogen (secondary N) is 1. The van der Waals surface area contributed by atoms with E-state index in [1.165, 1.54) is 38.4 Å². The normalized spacial score (nSPS) is 12.1. The Morgan fingerprint density at radius 1 is 1.04 bits per heavy atom. The van der Waals surface area contributed by atoms with Gasteiger partial charge in [0.1, 0.15) is 5.75 Å². The van der Waals surface area contributed by atoms with Crippen molar-refractivity contribution in [2.24, 2.45) is 0 Å². The van der Waals surface area contributed by atoms with Gasteiger partial charge in [0.25, 0.3) is 5.91 Å². The van der Waals surface area contributed by atoms with Crippen LogP contribution < -0.4 is 10.1 Å². The van der Waals surface area contributed by atoms with E-state index in [9.17, 15) is 26.4 Å². The molecule has 1 N–H and O–H groups in total. The van der Waals surface area contributed by atoms with Gasteiger partial charge in [-0.3, -0.25) is 4.79 Å². The van der Waals surface area contributed by atoms with E-state index in [4.69, 9.17) is 4.74 Å². The first-order valence-electron chi connectivity index (χ1n) is 7.62. The lowest BCUT2D eigenvalue weighted by molar-refractivity contribution is -0.137. The molecule has 0 saturated carbocycles. The molecule has 0 aliphatic rings. The highest BCUT2D eigenvalue weighted by molar-refractivity contribution is 7.89. The molecule has 2 rings (SSSR count). The van der Waals surface area contributed by atoms with Crippen LogP contribution in [0, 0.1) is 0 Å². The molecule has 2 aromatic carbocycles. The van der Waals surface area contributed by atoms with Crippen LogP contribution in [-0.4, -0.2) is 39.3 Å². The van der Waals surface area contributed by atoms with Crippen molar-refractivity contribution in [3.05, 3.63) is 54.1 Å². The Bertz CT molecular complexity index is 893. The second kappa shape index (κ2) is 7.97. The van der Waals surface area contributed by atoms with E-state index in [0.717, 1.165) is 28.6 Å². The topological polar surface area (TPSA) is 75.7 Å². The number of sulfonamides is 1. The van der Waals surface area contributed by atoms with Crippen LogP contribution in [-0.2, 0) is 21.0 Å². The van der Waals surface area contributed by atoms with Crippen molar-refractivity contribution in [1.82, 2.24) is 4.31 Å². The number of alkyl halides is 3. The number of hydrogen-bond acceptors (Lipinski definition) is 4. The fourth-order valence-electron chi connectivity index (χ4n) is 2.01. The van der Waals surface area contributed by atoms with Crippen molar-refractivity contribution in [1.29, 1.82) is 0 Å². The number of benzene rings is 2. The predicted octanol–water partition coefficient (Wildman–Crippen LogP) is 2.97. The van der Waals surface area contributed by atoms with Gasteiger partial charge in [-0.25, -0.2) is 12.7 Å². The Morgan fingerprint density at radius 2 is 1.59 bits per heavy atom. The van der Waals surface area contributed by atoms with Gasteiger partial charge in [0, 0.05) is 19.8 Å². The molecule has 0 spiro atoms. The first-order chi connectivity index (χ1) is 12.5. The Hall–Kier alpha value is -2.59. The summed E-state index contributed by atoms with van der Waals surface area (Å²) in [5, 5.41) is 2.50. The van der Waals surface area contributed by atoms with Gasteiger partial charge in [-0.2, -0.15) is 13.2 Å². The Balaban J connectivity index is 1.92. The summed E-state index contributed by atoms with van der Waals surface area (Å²) in [6.45, 7) is -0.414. The third-order valence-electron chi connectivity index (χ3n) is 3.47. The average Bonchev–Trinajstić information content (AvgIpc) is 2.60. The lowest BCUT2D eigenvalue weighted by Crippen LogP contribution is -2.22. The van der Waals surface area contributed by atoms with E-state index in [1.807, 2.05) is 0 Å². The number of anilines is 1. The lowest BCUT2D eigenvalue weighted by Gasteiger charge is -2.12. The SMILES string of the molecule is CN(C)S(=O)(=O)c1ccc(NC(=O)COc2ccc(C(F)(F)F)cc2)cc1. The quantitative estimate of drug-likeness (QED) is 0.806. The molecule has 146 valence electrons. The maximum absolute atomic E-state index is 12.5. The molecule has 0 heterocycles. The smallest absolute Gasteiger partial charge is 0.416 e. The van der Waals surface area contributed by atoms with Crippen LogP contribution in [0.25, 0.3) is 0 Å². The van der Waals surface area contributed by atoms with Gasteiger partial charge in [-0.05, 0) is 48.5 Å². The summed E-state index contributed by atoms with van der Waals surface area (Å²) < 4.78 is 67.6. The number of carbonyl (C=O) groups excluding carboxylic acids is 1. The number of nitrogens with zero attached hydrogens (tertiary/aromatic N) is 1. The van der Waals surface area contributed by atoms with Gasteiger partial charge < -0.3 is 10.1 Å². The van der Waals surface area contributed by atoms with Crippen molar-refractivity contribution < 1.29 is 31.1 Å². The summed E-state index contributed by atoms with van der Waals surface area (Å²) in [7, 11) is -0.754. The summed E-state index contributed by atoms with van der Waals surface area (Å²) in [5.41, 5.74) is -0.458. The van der Waals surface area contributed by atoms with Crippen LogP contribution in [0.2, 0.25) is 0 Å². The number of amides is 1. The minimum Gasteiger partial charge on any atom is -0.484 e. The lowest BCUT2D eigenvalue weighted by atomic mass is 10.2. The third kappa shape index (κ3) is 5.44. The largest absolute Gasteiger partial charge is 0.484 e.